The molecule has 1 aromatic heterocycles. The van der Waals surface area contributed by atoms with Crippen LogP contribution in [0, 0.1) is 17.2 Å². The monoisotopic (exact) mass is 849 g/mol. The maximum absolute atomic E-state index is 13.9. The van der Waals surface area contributed by atoms with Crippen LogP contribution in [0.25, 0.3) is 11.3 Å². The summed E-state index contributed by atoms with van der Waals surface area (Å²) in [5.74, 6) is -4.54. The quantitative estimate of drug-likeness (QED) is 0.129. The van der Waals surface area contributed by atoms with Crippen LogP contribution in [0.15, 0.2) is 24.3 Å². The molecule has 0 radical (unpaired) electrons. The number of hydrogen-bond acceptors (Lipinski definition) is 8. The van der Waals surface area contributed by atoms with E-state index in [0.29, 0.717) is 69.4 Å². The molecular formula is C30H38ClF6N9O9S. The SMILES string of the molecule is CS(=O)(=O)N1CCC([C@H]2C[C@@H](c3nc(Cl)c(-c4ccc(NC(=O)O)cc4)[nH]3)N(C(=O)N3CCN(C(=N)N)CC3)C2)CC1.O=C(O)C(F)(F)F.O=C(O)C(F)(F)F. The molecule has 56 heavy (non-hydrogen) atoms. The van der Waals surface area contributed by atoms with Crippen molar-refractivity contribution < 1.29 is 69.3 Å². The number of urea groups is 1. The van der Waals surface area contributed by atoms with Gasteiger partial charge in [0.25, 0.3) is 0 Å². The number of sulfonamides is 1. The second-order valence-electron chi connectivity index (χ2n) is 12.7. The van der Waals surface area contributed by atoms with Crippen LogP contribution in [-0.2, 0) is 19.6 Å². The molecule has 1 aromatic carbocycles. The van der Waals surface area contributed by atoms with Gasteiger partial charge in [0.15, 0.2) is 11.1 Å². The molecule has 2 atom stereocenters. The predicted octanol–water partition coefficient (Wildman–Crippen LogP) is 3.75. The Labute approximate surface area is 319 Å². The van der Waals surface area contributed by atoms with Crippen molar-refractivity contribution in [3.8, 4) is 11.3 Å². The smallest absolute Gasteiger partial charge is 0.475 e. The van der Waals surface area contributed by atoms with Crippen LogP contribution < -0.4 is 11.1 Å². The van der Waals surface area contributed by atoms with Gasteiger partial charge in [-0.3, -0.25) is 10.7 Å². The number of nitrogens with two attached hydrogens (primary N) is 1. The summed E-state index contributed by atoms with van der Waals surface area (Å²) in [6.07, 6.45) is -7.97. The van der Waals surface area contributed by atoms with Crippen LogP contribution in [0.4, 0.5) is 41.6 Å². The number of imidazole rings is 1. The lowest BCUT2D eigenvalue weighted by Crippen LogP contribution is -2.55. The number of likely N-dealkylation sites (tertiary alicyclic amines) is 1. The van der Waals surface area contributed by atoms with Gasteiger partial charge in [-0.15, -0.1) is 0 Å². The summed E-state index contributed by atoms with van der Waals surface area (Å²) in [5.41, 5.74) is 7.35. The fraction of sp³-hybridized carbons (Fsp3) is 0.533. The molecule has 312 valence electrons. The van der Waals surface area contributed by atoms with Gasteiger partial charge in [0, 0.05) is 57.1 Å². The molecule has 18 nitrogen and oxygen atoms in total. The molecule has 3 amide bonds. The van der Waals surface area contributed by atoms with Gasteiger partial charge in [0.05, 0.1) is 18.0 Å². The number of nitrogens with zero attached hydrogens (tertiary/aromatic N) is 5. The van der Waals surface area contributed by atoms with Crippen LogP contribution in [0.3, 0.4) is 0 Å². The lowest BCUT2D eigenvalue weighted by molar-refractivity contribution is -0.193. The fourth-order valence-corrected chi connectivity index (χ4v) is 7.36. The van der Waals surface area contributed by atoms with Crippen molar-refractivity contribution in [1.29, 1.82) is 5.41 Å². The Morgan fingerprint density at radius 2 is 1.38 bits per heavy atom. The third-order valence-electron chi connectivity index (χ3n) is 9.01. The first-order valence-corrected chi connectivity index (χ1v) is 18.6. The van der Waals surface area contributed by atoms with E-state index >= 15 is 0 Å². The zero-order valence-electron chi connectivity index (χ0n) is 29.3. The number of aromatic nitrogens is 2. The molecular weight excluding hydrogens is 812 g/mol. The molecule has 0 unspecified atom stereocenters. The van der Waals surface area contributed by atoms with E-state index in [1.54, 1.807) is 34.1 Å². The van der Waals surface area contributed by atoms with E-state index in [1.165, 1.54) is 10.6 Å². The summed E-state index contributed by atoms with van der Waals surface area (Å²) in [6.45, 7) is 3.31. The summed E-state index contributed by atoms with van der Waals surface area (Å²) in [7, 11) is -3.24. The molecule has 0 bridgehead atoms. The molecule has 2 aromatic rings. The molecule has 3 saturated heterocycles. The number of H-pyrrole nitrogens is 1. The van der Waals surface area contributed by atoms with Gasteiger partial charge in [0.1, 0.15) is 5.82 Å². The first-order chi connectivity index (χ1) is 25.8. The van der Waals surface area contributed by atoms with Crippen LogP contribution in [0.2, 0.25) is 5.15 Å². The molecule has 5 rings (SSSR count). The summed E-state index contributed by atoms with van der Waals surface area (Å²) in [4.78, 5) is 55.9. The molecule has 0 spiro atoms. The Kier molecular flexibility index (Phi) is 14.8. The highest BCUT2D eigenvalue weighted by molar-refractivity contribution is 7.88. The maximum Gasteiger partial charge on any atom is 0.490 e. The highest BCUT2D eigenvalue weighted by Gasteiger charge is 2.44. The number of halogens is 7. The normalized spacial score (nSPS) is 19.6. The average Bonchev–Trinajstić information content (AvgIpc) is 3.71. The molecule has 3 aliphatic rings. The minimum absolute atomic E-state index is 0.00817. The first kappa shape index (κ1) is 45.4. The van der Waals surface area contributed by atoms with E-state index in [9.17, 15) is 44.3 Å². The van der Waals surface area contributed by atoms with E-state index in [2.05, 4.69) is 15.3 Å². The largest absolute Gasteiger partial charge is 0.490 e. The summed E-state index contributed by atoms with van der Waals surface area (Å²) in [6, 6.07) is 6.26. The number of hydrogen-bond donors (Lipinski definition) is 7. The number of alkyl halides is 6. The Morgan fingerprint density at radius 3 is 1.80 bits per heavy atom. The maximum atomic E-state index is 13.9. The number of carbonyl (C=O) groups excluding carboxylic acids is 1. The highest BCUT2D eigenvalue weighted by atomic mass is 35.5. The molecule has 0 saturated carbocycles. The lowest BCUT2D eigenvalue weighted by Gasteiger charge is -2.38. The van der Waals surface area contributed by atoms with Crippen molar-refractivity contribution in [2.24, 2.45) is 17.6 Å². The van der Waals surface area contributed by atoms with Gasteiger partial charge in [-0.05, 0) is 43.2 Å². The van der Waals surface area contributed by atoms with Crippen LogP contribution in [0.1, 0.15) is 31.1 Å². The van der Waals surface area contributed by atoms with Gasteiger partial charge in [-0.1, -0.05) is 23.7 Å². The number of guanidine groups is 1. The standard InChI is InChI=1S/C26H36ClN9O5S.2C2HF3O2/c1-42(40,41)35-8-6-16(7-9-35)18-14-20(36(15-18)26(39)34-12-10-33(11-13-34)24(28)29)23-31-21(22(27)32-23)17-2-4-19(5-3-17)30-25(37)38;2*3-2(4,5)1(6)7/h2-5,16,18,20,30H,6-15H2,1H3,(H3,28,29)(H,31,32)(H,37,38);2*(H,6,7)/t18-,20-;;/m0../s1. The number of piperazine rings is 1. The van der Waals surface area contributed by atoms with E-state index in [0.717, 1.165) is 18.4 Å². The first-order valence-electron chi connectivity index (χ1n) is 16.3. The zero-order valence-corrected chi connectivity index (χ0v) is 30.8. The van der Waals surface area contributed by atoms with Gasteiger partial charge >= 0.3 is 36.4 Å². The third kappa shape index (κ3) is 12.5. The second kappa shape index (κ2) is 18.3. The number of carbonyl (C=O) groups is 4. The number of benzene rings is 1. The van der Waals surface area contributed by atoms with Crippen LogP contribution >= 0.6 is 11.6 Å². The van der Waals surface area contributed by atoms with Crippen LogP contribution in [0.5, 0.6) is 0 Å². The number of rotatable bonds is 5. The molecule has 26 heteroatoms. The topological polar surface area (TPSA) is 267 Å². The van der Waals surface area contributed by atoms with Crippen molar-refractivity contribution >= 4 is 57.3 Å². The van der Waals surface area contributed by atoms with Crippen molar-refractivity contribution in [2.75, 3.05) is 57.4 Å². The van der Waals surface area contributed by atoms with Crippen LogP contribution in [-0.4, -0.2) is 147 Å². The minimum Gasteiger partial charge on any atom is -0.475 e. The Balaban J connectivity index is 0.000000512. The highest BCUT2D eigenvalue weighted by Crippen LogP contribution is 2.43. The molecule has 3 fully saturated rings. The van der Waals surface area contributed by atoms with E-state index in [1.807, 2.05) is 4.90 Å². The van der Waals surface area contributed by atoms with E-state index in [-0.39, 0.29) is 35.0 Å². The molecule has 3 aliphatic heterocycles. The number of anilines is 1. The number of nitrogens with one attached hydrogen (secondary N) is 3. The van der Waals surface area contributed by atoms with E-state index < -0.39 is 40.4 Å². The molecule has 4 heterocycles. The molecule has 8 N–H and O–H groups in total. The Morgan fingerprint density at radius 1 is 0.893 bits per heavy atom. The summed E-state index contributed by atoms with van der Waals surface area (Å²) < 4.78 is 89.1. The molecule has 0 aliphatic carbocycles. The fourth-order valence-electron chi connectivity index (χ4n) is 6.24. The van der Waals surface area contributed by atoms with Gasteiger partial charge < -0.3 is 40.7 Å². The van der Waals surface area contributed by atoms with Crippen molar-refractivity contribution in [1.82, 2.24) is 29.0 Å². The number of amides is 3. The zero-order chi connectivity index (χ0) is 42.3. The Bertz CT molecular complexity index is 1830. The van der Waals surface area contributed by atoms with Gasteiger partial charge in [0.2, 0.25) is 10.0 Å². The van der Waals surface area contributed by atoms with Gasteiger partial charge in [-0.25, -0.2) is 36.9 Å². The number of carboxylic acid groups (broad SMARTS) is 3. The number of aliphatic carboxylic acids is 2. The second-order valence-corrected chi connectivity index (χ2v) is 15.0. The Hall–Kier alpha value is -5.04. The number of piperidine rings is 1. The van der Waals surface area contributed by atoms with E-state index in [4.69, 9.17) is 47.7 Å². The third-order valence-corrected chi connectivity index (χ3v) is 10.6. The van der Waals surface area contributed by atoms with Crippen molar-refractivity contribution in [2.45, 2.75) is 37.7 Å². The lowest BCUT2D eigenvalue weighted by atomic mass is 9.83. The van der Waals surface area contributed by atoms with Crippen molar-refractivity contribution in [3.63, 3.8) is 0 Å². The van der Waals surface area contributed by atoms with Gasteiger partial charge in [-0.2, -0.15) is 26.3 Å². The average molecular weight is 850 g/mol. The minimum atomic E-state index is -5.08. The summed E-state index contributed by atoms with van der Waals surface area (Å²) in [5, 5.41) is 33.5. The predicted molar refractivity (Wildman–Crippen MR) is 185 cm³/mol. The van der Waals surface area contributed by atoms with Crippen molar-refractivity contribution in [3.05, 3.63) is 35.2 Å². The summed E-state index contributed by atoms with van der Waals surface area (Å²) >= 11 is 6.58. The number of aromatic amines is 1. The number of carboxylic acids is 2.